The molecule has 1 unspecified atom stereocenters. The lowest BCUT2D eigenvalue weighted by atomic mass is 10.1. The molecule has 15 heavy (non-hydrogen) atoms. The highest BCUT2D eigenvalue weighted by atomic mass is 16.1. The Hall–Kier alpha value is -0.570. The molecule has 0 radical (unpaired) electrons. The molecule has 0 heterocycles. The first-order valence-electron chi connectivity index (χ1n) is 6.18. The summed E-state index contributed by atoms with van der Waals surface area (Å²) in [7, 11) is 1.68. The van der Waals surface area contributed by atoms with Crippen molar-refractivity contribution < 1.29 is 4.79 Å². The van der Waals surface area contributed by atoms with Crippen molar-refractivity contribution >= 4 is 5.91 Å². The summed E-state index contributed by atoms with van der Waals surface area (Å²) < 4.78 is 0. The number of hydrogen-bond donors (Lipinski definition) is 2. The first-order chi connectivity index (χ1) is 7.24. The van der Waals surface area contributed by atoms with Gasteiger partial charge in [-0.15, -0.1) is 0 Å². The summed E-state index contributed by atoms with van der Waals surface area (Å²) in [6, 6.07) is 0.597. The van der Waals surface area contributed by atoms with Gasteiger partial charge in [0.1, 0.15) is 0 Å². The largest absolute Gasteiger partial charge is 0.359 e. The van der Waals surface area contributed by atoms with Crippen LogP contribution in [0.4, 0.5) is 0 Å². The van der Waals surface area contributed by atoms with Gasteiger partial charge in [0.15, 0.2) is 0 Å². The van der Waals surface area contributed by atoms with Crippen LogP contribution < -0.4 is 10.6 Å². The van der Waals surface area contributed by atoms with E-state index in [-0.39, 0.29) is 5.91 Å². The summed E-state index contributed by atoms with van der Waals surface area (Å²) in [6.07, 6.45) is 6.77. The van der Waals surface area contributed by atoms with Gasteiger partial charge >= 0.3 is 0 Å². The van der Waals surface area contributed by atoms with Crippen molar-refractivity contribution in [3.05, 3.63) is 0 Å². The molecule has 90 valence electrons. The second kappa shape index (κ2) is 9.97. The fourth-order valence-corrected chi connectivity index (χ4v) is 1.66. The third-order valence-electron chi connectivity index (χ3n) is 2.61. The number of unbranched alkanes of at least 4 members (excludes halogenated alkanes) is 1. The minimum Gasteiger partial charge on any atom is -0.359 e. The van der Waals surface area contributed by atoms with E-state index >= 15 is 0 Å². The van der Waals surface area contributed by atoms with E-state index in [2.05, 4.69) is 24.5 Å². The highest BCUT2D eigenvalue weighted by molar-refractivity contribution is 5.75. The average Bonchev–Trinajstić information content (AvgIpc) is 2.25. The highest BCUT2D eigenvalue weighted by Gasteiger charge is 2.06. The van der Waals surface area contributed by atoms with Crippen molar-refractivity contribution in [3.8, 4) is 0 Å². The molecular formula is C12H26N2O. The zero-order valence-corrected chi connectivity index (χ0v) is 10.4. The van der Waals surface area contributed by atoms with Crippen molar-refractivity contribution in [3.63, 3.8) is 0 Å². The standard InChI is InChI=1S/C12H26N2O/c1-4-6-8-11(7-5-2)14-10-9-12(15)13-3/h11,14H,4-10H2,1-3H3,(H,13,15). The fraction of sp³-hybridized carbons (Fsp3) is 0.917. The summed E-state index contributed by atoms with van der Waals surface area (Å²) in [6.45, 7) is 5.22. The molecule has 0 aliphatic rings. The molecule has 0 rings (SSSR count). The molecule has 0 fully saturated rings. The summed E-state index contributed by atoms with van der Waals surface area (Å²) in [4.78, 5) is 11.0. The molecule has 2 N–H and O–H groups in total. The Labute approximate surface area is 94.0 Å². The third-order valence-corrected chi connectivity index (χ3v) is 2.61. The van der Waals surface area contributed by atoms with Crippen molar-refractivity contribution in [2.24, 2.45) is 0 Å². The van der Waals surface area contributed by atoms with Crippen LogP contribution >= 0.6 is 0 Å². The van der Waals surface area contributed by atoms with E-state index in [1.807, 2.05) is 0 Å². The fourth-order valence-electron chi connectivity index (χ4n) is 1.66. The maximum Gasteiger partial charge on any atom is 0.221 e. The molecule has 0 aromatic carbocycles. The lowest BCUT2D eigenvalue weighted by Gasteiger charge is -2.17. The van der Waals surface area contributed by atoms with Crippen LogP contribution in [0.3, 0.4) is 0 Å². The lowest BCUT2D eigenvalue weighted by Crippen LogP contribution is -2.32. The second-order valence-electron chi connectivity index (χ2n) is 4.01. The van der Waals surface area contributed by atoms with Crippen molar-refractivity contribution in [2.75, 3.05) is 13.6 Å². The molecule has 0 saturated heterocycles. The third kappa shape index (κ3) is 8.43. The van der Waals surface area contributed by atoms with E-state index in [4.69, 9.17) is 0 Å². The van der Waals surface area contributed by atoms with Gasteiger partial charge in [-0.25, -0.2) is 0 Å². The van der Waals surface area contributed by atoms with Crippen molar-refractivity contribution in [1.29, 1.82) is 0 Å². The summed E-state index contributed by atoms with van der Waals surface area (Å²) in [5, 5.41) is 6.09. The average molecular weight is 214 g/mol. The molecule has 3 nitrogen and oxygen atoms in total. The van der Waals surface area contributed by atoms with E-state index < -0.39 is 0 Å². The molecule has 0 aliphatic carbocycles. The van der Waals surface area contributed by atoms with Gasteiger partial charge in [0, 0.05) is 26.1 Å². The van der Waals surface area contributed by atoms with Crippen LogP contribution in [-0.2, 0) is 4.79 Å². The first kappa shape index (κ1) is 14.4. The van der Waals surface area contributed by atoms with Gasteiger partial charge in [0.2, 0.25) is 5.91 Å². The number of nitrogens with one attached hydrogen (secondary N) is 2. The van der Waals surface area contributed by atoms with Crippen molar-refractivity contribution in [2.45, 2.75) is 58.4 Å². The first-order valence-corrected chi connectivity index (χ1v) is 6.18. The number of amides is 1. The quantitative estimate of drug-likeness (QED) is 0.617. The highest BCUT2D eigenvalue weighted by Crippen LogP contribution is 2.06. The Morgan fingerprint density at radius 2 is 1.93 bits per heavy atom. The van der Waals surface area contributed by atoms with Crippen LogP contribution in [0.25, 0.3) is 0 Å². The van der Waals surface area contributed by atoms with E-state index in [0.717, 1.165) is 6.54 Å². The smallest absolute Gasteiger partial charge is 0.221 e. The predicted molar refractivity (Wildman–Crippen MR) is 64.9 cm³/mol. The van der Waals surface area contributed by atoms with Gasteiger partial charge in [0.05, 0.1) is 0 Å². The zero-order valence-electron chi connectivity index (χ0n) is 10.4. The molecule has 0 saturated carbocycles. The maximum atomic E-state index is 11.0. The van der Waals surface area contributed by atoms with Gasteiger partial charge in [0.25, 0.3) is 0 Å². The molecule has 0 aromatic heterocycles. The second-order valence-corrected chi connectivity index (χ2v) is 4.01. The van der Waals surface area contributed by atoms with E-state index in [1.54, 1.807) is 7.05 Å². The zero-order chi connectivity index (χ0) is 11.5. The summed E-state index contributed by atoms with van der Waals surface area (Å²) in [5.74, 6) is 0.119. The van der Waals surface area contributed by atoms with Crippen molar-refractivity contribution in [1.82, 2.24) is 10.6 Å². The number of carbonyl (C=O) groups is 1. The molecule has 0 bridgehead atoms. The molecule has 3 heteroatoms. The molecule has 0 spiro atoms. The molecule has 0 aliphatic heterocycles. The minimum atomic E-state index is 0.119. The van der Waals surface area contributed by atoms with Gasteiger partial charge in [-0.2, -0.15) is 0 Å². The Bertz CT molecular complexity index is 160. The van der Waals surface area contributed by atoms with Gasteiger partial charge < -0.3 is 10.6 Å². The molecule has 0 aromatic rings. The number of hydrogen-bond acceptors (Lipinski definition) is 2. The molecule has 1 amide bonds. The van der Waals surface area contributed by atoms with Gasteiger partial charge in [-0.3, -0.25) is 4.79 Å². The SMILES string of the molecule is CCCCC(CCC)NCCC(=O)NC. The normalized spacial score (nSPS) is 12.5. The maximum absolute atomic E-state index is 11.0. The Morgan fingerprint density at radius 3 is 2.47 bits per heavy atom. The Morgan fingerprint density at radius 1 is 1.20 bits per heavy atom. The van der Waals surface area contributed by atoms with Crippen LogP contribution in [0.5, 0.6) is 0 Å². The van der Waals surface area contributed by atoms with Crippen LogP contribution in [0, 0.1) is 0 Å². The van der Waals surface area contributed by atoms with E-state index in [9.17, 15) is 4.79 Å². The Balaban J connectivity index is 3.60. The van der Waals surface area contributed by atoms with Crippen LogP contribution in [0.15, 0.2) is 0 Å². The van der Waals surface area contributed by atoms with Crippen LogP contribution in [0.1, 0.15) is 52.4 Å². The summed E-state index contributed by atoms with van der Waals surface area (Å²) >= 11 is 0. The molecule has 1 atom stereocenters. The van der Waals surface area contributed by atoms with Gasteiger partial charge in [-0.1, -0.05) is 33.1 Å². The molecular weight excluding hydrogens is 188 g/mol. The van der Waals surface area contributed by atoms with Gasteiger partial charge in [-0.05, 0) is 12.8 Å². The monoisotopic (exact) mass is 214 g/mol. The number of carbonyl (C=O) groups excluding carboxylic acids is 1. The predicted octanol–water partition coefficient (Wildman–Crippen LogP) is 2.07. The minimum absolute atomic E-state index is 0.119. The van der Waals surface area contributed by atoms with E-state index in [0.29, 0.717) is 12.5 Å². The number of rotatable bonds is 9. The van der Waals surface area contributed by atoms with E-state index in [1.165, 1.54) is 32.1 Å². The van der Waals surface area contributed by atoms with Crippen LogP contribution in [-0.4, -0.2) is 25.5 Å². The topological polar surface area (TPSA) is 41.1 Å². The lowest BCUT2D eigenvalue weighted by molar-refractivity contribution is -0.120. The summed E-state index contributed by atoms with van der Waals surface area (Å²) in [5.41, 5.74) is 0. The van der Waals surface area contributed by atoms with Crippen LogP contribution in [0.2, 0.25) is 0 Å². The Kier molecular flexibility index (Phi) is 9.59.